The highest BCUT2D eigenvalue weighted by atomic mass is 16.1. The third-order valence-electron chi connectivity index (χ3n) is 4.61. The Bertz CT molecular complexity index is 453. The zero-order valence-electron chi connectivity index (χ0n) is 18.1. The van der Waals surface area contributed by atoms with Crippen LogP contribution in [-0.2, 0) is 4.79 Å². The highest BCUT2D eigenvalue weighted by Crippen LogP contribution is 2.11. The van der Waals surface area contributed by atoms with E-state index in [0.717, 1.165) is 38.6 Å². The first-order valence-electron chi connectivity index (χ1n) is 10.7. The lowest BCUT2D eigenvalue weighted by atomic mass is 10.1. The summed E-state index contributed by atoms with van der Waals surface area (Å²) in [5.41, 5.74) is 4.17. The van der Waals surface area contributed by atoms with Crippen LogP contribution in [0.4, 0.5) is 0 Å². The Kier molecular flexibility index (Phi) is 16.3. The first kappa shape index (κ1) is 24.7. The van der Waals surface area contributed by atoms with E-state index in [2.05, 4.69) is 58.2 Å². The van der Waals surface area contributed by atoms with Crippen molar-refractivity contribution in [2.45, 2.75) is 105 Å². The van der Waals surface area contributed by atoms with Gasteiger partial charge in [-0.3, -0.25) is 4.79 Å². The van der Waals surface area contributed by atoms with Crippen LogP contribution in [-0.4, -0.2) is 12.5 Å². The molecule has 0 aromatic carbocycles. The molecule has 150 valence electrons. The van der Waals surface area contributed by atoms with Gasteiger partial charge < -0.3 is 5.32 Å². The normalized spacial score (nSPS) is 12.2. The Hall–Kier alpha value is -1.31. The van der Waals surface area contributed by atoms with E-state index in [1.54, 1.807) is 0 Å². The summed E-state index contributed by atoms with van der Waals surface area (Å²) in [5.74, 6) is 0.159. The first-order chi connectivity index (χ1) is 12.5. The molecule has 0 saturated carbocycles. The van der Waals surface area contributed by atoms with Gasteiger partial charge in [0.2, 0.25) is 5.91 Å². The third kappa shape index (κ3) is 17.5. The van der Waals surface area contributed by atoms with Crippen LogP contribution in [0.3, 0.4) is 0 Å². The first-order valence-corrected chi connectivity index (χ1v) is 10.7. The topological polar surface area (TPSA) is 29.1 Å². The highest BCUT2D eigenvalue weighted by molar-refractivity contribution is 5.77. The maximum Gasteiger partial charge on any atom is 0.223 e. The predicted molar refractivity (Wildman–Crippen MR) is 116 cm³/mol. The highest BCUT2D eigenvalue weighted by Gasteiger charge is 1.99. The van der Waals surface area contributed by atoms with Crippen LogP contribution in [0, 0.1) is 0 Å². The summed E-state index contributed by atoms with van der Waals surface area (Å²) < 4.78 is 0. The van der Waals surface area contributed by atoms with Gasteiger partial charge in [-0.05, 0) is 59.8 Å². The van der Waals surface area contributed by atoms with Gasteiger partial charge in [0.1, 0.15) is 0 Å². The fourth-order valence-electron chi connectivity index (χ4n) is 2.81. The molecule has 0 fully saturated rings. The van der Waals surface area contributed by atoms with Crippen molar-refractivity contribution in [3.63, 3.8) is 0 Å². The number of rotatable bonds is 15. The van der Waals surface area contributed by atoms with Crippen molar-refractivity contribution in [2.75, 3.05) is 6.54 Å². The number of nitrogens with one attached hydrogen (secondary N) is 1. The van der Waals surface area contributed by atoms with Gasteiger partial charge in [0.15, 0.2) is 0 Å². The van der Waals surface area contributed by atoms with E-state index in [9.17, 15) is 4.79 Å². The number of carbonyl (C=O) groups excluding carboxylic acids is 1. The summed E-state index contributed by atoms with van der Waals surface area (Å²) in [6.07, 6.45) is 19.2. The van der Waals surface area contributed by atoms with Crippen molar-refractivity contribution in [1.82, 2.24) is 5.32 Å². The molecular weight excluding hydrogens is 318 g/mol. The number of allylic oxidation sites excluding steroid dienone is 5. The summed E-state index contributed by atoms with van der Waals surface area (Å²) in [7, 11) is 0. The molecule has 0 aliphatic heterocycles. The second kappa shape index (κ2) is 17.1. The minimum atomic E-state index is 0.159. The standard InChI is InChI=1S/C24H43NO/c1-6-7-8-9-10-11-20-25-24(26)19-18-23(5)17-13-16-22(4)15-12-14-21(2)3/h14,16,18H,6-13,15,17,19-20H2,1-5H3,(H,25,26). The summed E-state index contributed by atoms with van der Waals surface area (Å²) >= 11 is 0. The molecule has 0 unspecified atom stereocenters. The van der Waals surface area contributed by atoms with Crippen molar-refractivity contribution < 1.29 is 4.79 Å². The Morgan fingerprint density at radius 3 is 2.00 bits per heavy atom. The summed E-state index contributed by atoms with van der Waals surface area (Å²) in [6, 6.07) is 0. The van der Waals surface area contributed by atoms with Crippen LogP contribution in [0.5, 0.6) is 0 Å². The number of hydrogen-bond acceptors (Lipinski definition) is 1. The molecule has 0 radical (unpaired) electrons. The Labute approximate surface area is 163 Å². The van der Waals surface area contributed by atoms with E-state index in [0.29, 0.717) is 6.42 Å². The molecule has 26 heavy (non-hydrogen) atoms. The third-order valence-corrected chi connectivity index (χ3v) is 4.61. The minimum Gasteiger partial charge on any atom is -0.356 e. The van der Waals surface area contributed by atoms with Crippen molar-refractivity contribution >= 4 is 5.91 Å². The van der Waals surface area contributed by atoms with Crippen molar-refractivity contribution in [2.24, 2.45) is 0 Å². The van der Waals surface area contributed by atoms with Gasteiger partial charge in [-0.2, -0.15) is 0 Å². The predicted octanol–water partition coefficient (Wildman–Crippen LogP) is 7.27. The van der Waals surface area contributed by atoms with Gasteiger partial charge in [-0.15, -0.1) is 0 Å². The molecule has 1 N–H and O–H groups in total. The zero-order chi connectivity index (χ0) is 19.6. The Morgan fingerprint density at radius 2 is 1.35 bits per heavy atom. The maximum absolute atomic E-state index is 11.9. The van der Waals surface area contributed by atoms with Crippen LogP contribution in [0.2, 0.25) is 0 Å². The van der Waals surface area contributed by atoms with Crippen LogP contribution in [0.25, 0.3) is 0 Å². The summed E-state index contributed by atoms with van der Waals surface area (Å²) in [4.78, 5) is 11.9. The van der Waals surface area contributed by atoms with Crippen molar-refractivity contribution in [3.8, 4) is 0 Å². The van der Waals surface area contributed by atoms with Gasteiger partial charge in [0.05, 0.1) is 0 Å². The molecule has 0 atom stereocenters. The summed E-state index contributed by atoms with van der Waals surface area (Å²) in [6.45, 7) is 11.7. The molecule has 0 aromatic rings. The number of carbonyl (C=O) groups is 1. The van der Waals surface area contributed by atoms with E-state index in [-0.39, 0.29) is 5.91 Å². The fraction of sp³-hybridized carbons (Fsp3) is 0.708. The summed E-state index contributed by atoms with van der Waals surface area (Å²) in [5, 5.41) is 3.03. The van der Waals surface area contributed by atoms with Crippen molar-refractivity contribution in [3.05, 3.63) is 34.9 Å². The lowest BCUT2D eigenvalue weighted by Crippen LogP contribution is -2.23. The average Bonchev–Trinajstić information content (AvgIpc) is 2.59. The number of hydrogen-bond donors (Lipinski definition) is 1. The second-order valence-corrected chi connectivity index (χ2v) is 7.78. The largest absolute Gasteiger partial charge is 0.356 e. The molecule has 0 bridgehead atoms. The van der Waals surface area contributed by atoms with Gasteiger partial charge in [-0.25, -0.2) is 0 Å². The maximum atomic E-state index is 11.9. The van der Waals surface area contributed by atoms with Crippen molar-refractivity contribution in [1.29, 1.82) is 0 Å². The fourth-order valence-corrected chi connectivity index (χ4v) is 2.81. The molecule has 0 spiro atoms. The molecule has 0 heterocycles. The van der Waals surface area contributed by atoms with Gasteiger partial charge in [-0.1, -0.05) is 74.0 Å². The second-order valence-electron chi connectivity index (χ2n) is 7.78. The average molecular weight is 362 g/mol. The van der Waals surface area contributed by atoms with E-state index >= 15 is 0 Å². The van der Waals surface area contributed by atoms with Crippen LogP contribution in [0.1, 0.15) is 105 Å². The number of amides is 1. The smallest absolute Gasteiger partial charge is 0.223 e. The van der Waals surface area contributed by atoms with Gasteiger partial charge in [0.25, 0.3) is 0 Å². The molecular formula is C24H43NO. The van der Waals surface area contributed by atoms with E-state index in [1.807, 2.05) is 0 Å². The van der Waals surface area contributed by atoms with Crippen LogP contribution in [0.15, 0.2) is 34.9 Å². The van der Waals surface area contributed by atoms with Crippen LogP contribution < -0.4 is 5.32 Å². The Balaban J connectivity index is 3.78. The van der Waals surface area contributed by atoms with Crippen LogP contribution >= 0.6 is 0 Å². The van der Waals surface area contributed by atoms with E-state index in [1.165, 1.54) is 48.8 Å². The zero-order valence-corrected chi connectivity index (χ0v) is 18.1. The minimum absolute atomic E-state index is 0.159. The molecule has 0 rings (SSSR count). The van der Waals surface area contributed by atoms with Gasteiger partial charge in [0, 0.05) is 13.0 Å². The number of unbranched alkanes of at least 4 members (excludes halogenated alkanes) is 5. The molecule has 0 aliphatic carbocycles. The SMILES string of the molecule is CCCCCCCCNC(=O)CC=C(C)CCC=C(C)CCC=C(C)C. The Morgan fingerprint density at radius 1 is 0.769 bits per heavy atom. The quantitative estimate of drug-likeness (QED) is 0.241. The van der Waals surface area contributed by atoms with Gasteiger partial charge >= 0.3 is 0 Å². The molecule has 0 aromatic heterocycles. The molecule has 1 amide bonds. The molecule has 2 nitrogen and oxygen atoms in total. The van der Waals surface area contributed by atoms with E-state index < -0.39 is 0 Å². The molecule has 0 saturated heterocycles. The monoisotopic (exact) mass is 361 g/mol. The van der Waals surface area contributed by atoms with E-state index in [4.69, 9.17) is 0 Å². The molecule has 0 aliphatic rings. The lowest BCUT2D eigenvalue weighted by Gasteiger charge is -2.05. The lowest BCUT2D eigenvalue weighted by molar-refractivity contribution is -0.120. The molecule has 2 heteroatoms.